The van der Waals surface area contributed by atoms with Gasteiger partial charge in [-0.25, -0.2) is 0 Å². The number of carbonyl (C=O) groups is 2. The first kappa shape index (κ1) is 18.0. The third kappa shape index (κ3) is 4.22. The van der Waals surface area contributed by atoms with E-state index in [2.05, 4.69) is 16.8 Å². The van der Waals surface area contributed by atoms with Crippen LogP contribution in [0.1, 0.15) is 40.6 Å². The number of halogens is 1. The van der Waals surface area contributed by atoms with Gasteiger partial charge in [-0.15, -0.1) is 11.3 Å². The van der Waals surface area contributed by atoms with Gasteiger partial charge >= 0.3 is 0 Å². The first-order valence-electron chi connectivity index (χ1n) is 8.49. The summed E-state index contributed by atoms with van der Waals surface area (Å²) in [6.45, 7) is 3.36. The Hall–Kier alpha value is -1.85. The van der Waals surface area contributed by atoms with E-state index in [-0.39, 0.29) is 11.8 Å². The second-order valence-corrected chi connectivity index (χ2v) is 7.64. The molecule has 0 saturated heterocycles. The standard InChI is InChI=1S/C19H21ClN2O2S/c1-2-3-16(21-18(23)13-4-6-15(20)7-5-13)19(24)22-10-8-17-14(12-22)9-11-25-17/h4-7,9,11,16H,2-3,8,10,12H2,1H3,(H,21,23). The van der Waals surface area contributed by atoms with Gasteiger partial charge < -0.3 is 10.2 Å². The Morgan fingerprint density at radius 1 is 1.28 bits per heavy atom. The van der Waals surface area contributed by atoms with Gasteiger partial charge in [0, 0.05) is 28.6 Å². The highest BCUT2D eigenvalue weighted by molar-refractivity contribution is 7.10. The maximum absolute atomic E-state index is 12.9. The maximum Gasteiger partial charge on any atom is 0.251 e. The van der Waals surface area contributed by atoms with Gasteiger partial charge in [-0.2, -0.15) is 0 Å². The number of fused-ring (bicyclic) bond motifs is 1. The van der Waals surface area contributed by atoms with Crippen molar-refractivity contribution in [3.05, 3.63) is 56.7 Å². The van der Waals surface area contributed by atoms with E-state index in [4.69, 9.17) is 11.6 Å². The first-order valence-corrected chi connectivity index (χ1v) is 9.74. The monoisotopic (exact) mass is 376 g/mol. The third-order valence-electron chi connectivity index (χ3n) is 4.41. The van der Waals surface area contributed by atoms with Gasteiger partial charge in [0.05, 0.1) is 0 Å². The molecule has 2 heterocycles. The molecule has 1 aromatic heterocycles. The van der Waals surface area contributed by atoms with Crippen LogP contribution >= 0.6 is 22.9 Å². The van der Waals surface area contributed by atoms with Crippen LogP contribution in [-0.4, -0.2) is 29.3 Å². The Balaban J connectivity index is 1.69. The number of carbonyl (C=O) groups excluding carboxylic acids is 2. The Labute approximate surface area is 156 Å². The summed E-state index contributed by atoms with van der Waals surface area (Å²) in [6, 6.07) is 8.29. The van der Waals surface area contributed by atoms with Crippen LogP contribution in [0.3, 0.4) is 0 Å². The summed E-state index contributed by atoms with van der Waals surface area (Å²) >= 11 is 7.61. The molecular formula is C19H21ClN2O2S. The van der Waals surface area contributed by atoms with Gasteiger partial charge in [0.2, 0.25) is 5.91 Å². The highest BCUT2D eigenvalue weighted by atomic mass is 35.5. The average molecular weight is 377 g/mol. The molecule has 3 rings (SSSR count). The lowest BCUT2D eigenvalue weighted by atomic mass is 10.1. The molecule has 0 spiro atoms. The number of nitrogens with zero attached hydrogens (tertiary/aromatic N) is 1. The molecular weight excluding hydrogens is 356 g/mol. The minimum absolute atomic E-state index is 0.000938. The number of thiophene rings is 1. The molecule has 2 aromatic rings. The van der Waals surface area contributed by atoms with E-state index in [1.807, 2.05) is 11.8 Å². The molecule has 0 fully saturated rings. The van der Waals surface area contributed by atoms with Crippen LogP contribution in [0.15, 0.2) is 35.7 Å². The molecule has 0 aliphatic carbocycles. The van der Waals surface area contributed by atoms with E-state index in [9.17, 15) is 9.59 Å². The quantitative estimate of drug-likeness (QED) is 0.860. The van der Waals surface area contributed by atoms with Crippen LogP contribution < -0.4 is 5.32 Å². The predicted octanol–water partition coefficient (Wildman–Crippen LogP) is 3.88. The third-order valence-corrected chi connectivity index (χ3v) is 5.68. The van der Waals surface area contributed by atoms with Crippen molar-refractivity contribution in [1.82, 2.24) is 10.2 Å². The van der Waals surface area contributed by atoms with E-state index in [0.717, 1.165) is 12.8 Å². The normalized spacial score (nSPS) is 14.7. The topological polar surface area (TPSA) is 49.4 Å². The van der Waals surface area contributed by atoms with Crippen molar-refractivity contribution in [1.29, 1.82) is 0 Å². The Morgan fingerprint density at radius 2 is 2.04 bits per heavy atom. The minimum atomic E-state index is -0.492. The van der Waals surface area contributed by atoms with Gasteiger partial charge in [-0.1, -0.05) is 24.9 Å². The maximum atomic E-state index is 12.9. The SMILES string of the molecule is CCCC(NC(=O)c1ccc(Cl)cc1)C(=O)N1CCc2sccc2C1. The lowest BCUT2D eigenvalue weighted by Gasteiger charge is -2.31. The van der Waals surface area contributed by atoms with E-state index >= 15 is 0 Å². The van der Waals surface area contributed by atoms with Crippen LogP contribution in [0.4, 0.5) is 0 Å². The van der Waals surface area contributed by atoms with Crippen molar-refractivity contribution in [3.8, 4) is 0 Å². The number of hydrogen-bond acceptors (Lipinski definition) is 3. The van der Waals surface area contributed by atoms with Crippen LogP contribution in [-0.2, 0) is 17.8 Å². The van der Waals surface area contributed by atoms with Crippen molar-refractivity contribution in [2.45, 2.75) is 38.8 Å². The fourth-order valence-corrected chi connectivity index (χ4v) is 4.06. The number of amides is 2. The zero-order valence-corrected chi connectivity index (χ0v) is 15.7. The molecule has 4 nitrogen and oxygen atoms in total. The highest BCUT2D eigenvalue weighted by Gasteiger charge is 2.28. The number of benzene rings is 1. The molecule has 0 bridgehead atoms. The zero-order valence-electron chi connectivity index (χ0n) is 14.1. The second-order valence-electron chi connectivity index (χ2n) is 6.20. The highest BCUT2D eigenvalue weighted by Crippen LogP contribution is 2.24. The van der Waals surface area contributed by atoms with Crippen molar-refractivity contribution >= 4 is 34.8 Å². The van der Waals surface area contributed by atoms with Crippen LogP contribution in [0.25, 0.3) is 0 Å². The van der Waals surface area contributed by atoms with E-state index in [0.29, 0.717) is 30.1 Å². The molecule has 1 aliphatic heterocycles. The molecule has 2 amide bonds. The van der Waals surface area contributed by atoms with Gasteiger partial charge in [-0.05, 0) is 54.1 Å². The zero-order chi connectivity index (χ0) is 17.8. The fourth-order valence-electron chi connectivity index (χ4n) is 3.05. The average Bonchev–Trinajstić information content (AvgIpc) is 3.09. The van der Waals surface area contributed by atoms with Gasteiger partial charge in [0.1, 0.15) is 6.04 Å². The lowest BCUT2D eigenvalue weighted by molar-refractivity contribution is -0.134. The molecule has 1 aliphatic rings. The summed E-state index contributed by atoms with van der Waals surface area (Å²) in [6.07, 6.45) is 2.35. The summed E-state index contributed by atoms with van der Waals surface area (Å²) < 4.78 is 0. The van der Waals surface area contributed by atoms with E-state index in [1.165, 1.54) is 10.4 Å². The lowest BCUT2D eigenvalue weighted by Crippen LogP contribution is -2.49. The van der Waals surface area contributed by atoms with Crippen LogP contribution in [0, 0.1) is 0 Å². The number of hydrogen-bond donors (Lipinski definition) is 1. The summed E-state index contributed by atoms with van der Waals surface area (Å²) in [5, 5.41) is 5.55. The Bertz CT molecular complexity index is 757. The summed E-state index contributed by atoms with van der Waals surface area (Å²) in [5.74, 6) is -0.238. The summed E-state index contributed by atoms with van der Waals surface area (Å²) in [4.78, 5) is 28.6. The van der Waals surface area contributed by atoms with E-state index < -0.39 is 6.04 Å². The minimum Gasteiger partial charge on any atom is -0.340 e. The molecule has 0 radical (unpaired) electrons. The molecule has 1 unspecified atom stereocenters. The smallest absolute Gasteiger partial charge is 0.251 e. The van der Waals surface area contributed by atoms with Crippen molar-refractivity contribution < 1.29 is 9.59 Å². The second kappa shape index (κ2) is 8.02. The van der Waals surface area contributed by atoms with E-state index in [1.54, 1.807) is 35.6 Å². The Morgan fingerprint density at radius 3 is 2.76 bits per heavy atom. The van der Waals surface area contributed by atoms with Crippen molar-refractivity contribution in [2.24, 2.45) is 0 Å². The number of nitrogens with one attached hydrogen (secondary N) is 1. The summed E-state index contributed by atoms with van der Waals surface area (Å²) in [5.41, 5.74) is 1.74. The fraction of sp³-hybridized carbons (Fsp3) is 0.368. The first-order chi connectivity index (χ1) is 12.1. The van der Waals surface area contributed by atoms with Crippen molar-refractivity contribution in [2.75, 3.05) is 6.54 Å². The molecule has 132 valence electrons. The number of rotatable bonds is 5. The van der Waals surface area contributed by atoms with Crippen LogP contribution in [0.5, 0.6) is 0 Å². The van der Waals surface area contributed by atoms with Gasteiger partial charge in [0.25, 0.3) is 5.91 Å². The molecule has 1 atom stereocenters. The largest absolute Gasteiger partial charge is 0.340 e. The molecule has 6 heteroatoms. The molecule has 25 heavy (non-hydrogen) atoms. The predicted molar refractivity (Wildman–Crippen MR) is 101 cm³/mol. The van der Waals surface area contributed by atoms with Crippen LogP contribution in [0.2, 0.25) is 5.02 Å². The molecule has 0 saturated carbocycles. The Kier molecular flexibility index (Phi) is 5.76. The van der Waals surface area contributed by atoms with Gasteiger partial charge in [0.15, 0.2) is 0 Å². The molecule has 1 aromatic carbocycles. The van der Waals surface area contributed by atoms with Crippen molar-refractivity contribution in [3.63, 3.8) is 0 Å². The van der Waals surface area contributed by atoms with Gasteiger partial charge in [-0.3, -0.25) is 9.59 Å². The summed E-state index contributed by atoms with van der Waals surface area (Å²) in [7, 11) is 0. The molecule has 1 N–H and O–H groups in total.